The molecule has 1 atom stereocenters. The van der Waals surface area contributed by atoms with Crippen molar-refractivity contribution in [2.24, 2.45) is 5.73 Å². The third kappa shape index (κ3) is 3.07. The van der Waals surface area contributed by atoms with Gasteiger partial charge in [-0.15, -0.1) is 5.10 Å². The molecule has 0 saturated heterocycles. The molecule has 0 aliphatic rings. The summed E-state index contributed by atoms with van der Waals surface area (Å²) in [5.74, 6) is 0.566. The van der Waals surface area contributed by atoms with E-state index in [1.54, 1.807) is 0 Å². The molecule has 0 amide bonds. The topological polar surface area (TPSA) is 77.0 Å². The molecule has 1 aromatic heterocycles. The Hall–Kier alpha value is -1.88. The zero-order valence-corrected chi connectivity index (χ0v) is 10.7. The number of nitrogens with one attached hydrogen (secondary N) is 1. The summed E-state index contributed by atoms with van der Waals surface area (Å²) in [5, 5.41) is 11.0. The van der Waals surface area contributed by atoms with Gasteiger partial charge in [-0.05, 0) is 19.4 Å². The van der Waals surface area contributed by atoms with Crippen LogP contribution in [0.1, 0.15) is 30.0 Å². The number of aromatic nitrogens is 2. The van der Waals surface area contributed by atoms with Crippen molar-refractivity contribution in [3.63, 3.8) is 0 Å². The van der Waals surface area contributed by atoms with Gasteiger partial charge in [-0.3, -0.25) is 0 Å². The van der Waals surface area contributed by atoms with E-state index in [-0.39, 0.29) is 6.04 Å². The molecule has 2 aromatic rings. The maximum absolute atomic E-state index is 5.43. The molecule has 2 rings (SSSR count). The Morgan fingerprint density at radius 1 is 1.28 bits per heavy atom. The predicted molar refractivity (Wildman–Crippen MR) is 70.3 cm³/mol. The summed E-state index contributed by atoms with van der Waals surface area (Å²) >= 11 is 0. The normalized spacial score (nSPS) is 12.4. The van der Waals surface area contributed by atoms with Crippen molar-refractivity contribution in [1.29, 1.82) is 0 Å². The molecule has 1 heterocycles. The van der Waals surface area contributed by atoms with Gasteiger partial charge >= 0.3 is 6.01 Å². The Balaban J connectivity index is 2.01. The number of benzene rings is 1. The van der Waals surface area contributed by atoms with Gasteiger partial charge in [0.15, 0.2) is 0 Å². The lowest BCUT2D eigenvalue weighted by molar-refractivity contribution is 0.502. The van der Waals surface area contributed by atoms with Gasteiger partial charge < -0.3 is 15.5 Å². The summed E-state index contributed by atoms with van der Waals surface area (Å²) in [6.07, 6.45) is 0.605. The van der Waals surface area contributed by atoms with Gasteiger partial charge in [-0.1, -0.05) is 34.9 Å². The number of rotatable bonds is 5. The SMILES string of the molecule is Cc1ccc(C(C)Nc2nnc(CCN)o2)cc1. The fraction of sp³-hybridized carbons (Fsp3) is 0.385. The van der Waals surface area contributed by atoms with Crippen LogP contribution in [-0.2, 0) is 6.42 Å². The summed E-state index contributed by atoms with van der Waals surface area (Å²) in [5.41, 5.74) is 7.85. The standard InChI is InChI=1S/C13H18N4O/c1-9-3-5-11(6-4-9)10(2)15-13-17-16-12(18-13)7-8-14/h3-6,10H,7-8,14H2,1-2H3,(H,15,17). The van der Waals surface area contributed by atoms with Crippen LogP contribution in [0.2, 0.25) is 0 Å². The van der Waals surface area contributed by atoms with Crippen LogP contribution < -0.4 is 11.1 Å². The molecule has 0 fully saturated rings. The maximum Gasteiger partial charge on any atom is 0.315 e. The van der Waals surface area contributed by atoms with Gasteiger partial charge in [0.1, 0.15) is 0 Å². The first-order chi connectivity index (χ1) is 8.69. The van der Waals surface area contributed by atoms with E-state index >= 15 is 0 Å². The van der Waals surface area contributed by atoms with Gasteiger partial charge in [0.25, 0.3) is 0 Å². The fourth-order valence-electron chi connectivity index (χ4n) is 1.66. The van der Waals surface area contributed by atoms with Crippen molar-refractivity contribution >= 4 is 6.01 Å². The molecule has 1 aromatic carbocycles. The van der Waals surface area contributed by atoms with Crippen molar-refractivity contribution in [2.75, 3.05) is 11.9 Å². The molecule has 96 valence electrons. The van der Waals surface area contributed by atoms with Crippen LogP contribution in [0.25, 0.3) is 0 Å². The summed E-state index contributed by atoms with van der Waals surface area (Å²) in [6.45, 7) is 4.63. The number of anilines is 1. The van der Waals surface area contributed by atoms with Crippen molar-refractivity contribution in [2.45, 2.75) is 26.3 Å². The Bertz CT molecular complexity index is 492. The van der Waals surface area contributed by atoms with Crippen molar-refractivity contribution in [3.05, 3.63) is 41.3 Å². The minimum absolute atomic E-state index is 0.122. The molecule has 5 nitrogen and oxygen atoms in total. The van der Waals surface area contributed by atoms with Crippen LogP contribution in [0.3, 0.4) is 0 Å². The second kappa shape index (κ2) is 5.64. The molecular formula is C13H18N4O. The van der Waals surface area contributed by atoms with E-state index in [0.717, 1.165) is 0 Å². The third-order valence-electron chi connectivity index (χ3n) is 2.74. The first-order valence-electron chi connectivity index (χ1n) is 6.04. The highest BCUT2D eigenvalue weighted by atomic mass is 16.4. The highest BCUT2D eigenvalue weighted by Gasteiger charge is 2.10. The van der Waals surface area contributed by atoms with E-state index in [4.69, 9.17) is 10.2 Å². The van der Waals surface area contributed by atoms with Gasteiger partial charge in [-0.2, -0.15) is 0 Å². The summed E-state index contributed by atoms with van der Waals surface area (Å²) in [7, 11) is 0. The lowest BCUT2D eigenvalue weighted by atomic mass is 10.1. The third-order valence-corrected chi connectivity index (χ3v) is 2.74. The number of nitrogens with two attached hydrogens (primary N) is 1. The van der Waals surface area contributed by atoms with Gasteiger partial charge in [-0.25, -0.2) is 0 Å². The van der Waals surface area contributed by atoms with Gasteiger partial charge in [0, 0.05) is 13.0 Å². The molecule has 0 saturated carbocycles. The Morgan fingerprint density at radius 3 is 2.67 bits per heavy atom. The van der Waals surface area contributed by atoms with Gasteiger partial charge in [0.2, 0.25) is 5.89 Å². The zero-order chi connectivity index (χ0) is 13.0. The Labute approximate surface area is 106 Å². The molecule has 3 N–H and O–H groups in total. The van der Waals surface area contributed by atoms with Crippen LogP contribution in [0.15, 0.2) is 28.7 Å². The van der Waals surface area contributed by atoms with Crippen LogP contribution in [0.4, 0.5) is 6.01 Å². The molecule has 5 heteroatoms. The van der Waals surface area contributed by atoms with E-state index in [0.29, 0.717) is 24.9 Å². The van der Waals surface area contributed by atoms with Crippen molar-refractivity contribution < 1.29 is 4.42 Å². The maximum atomic E-state index is 5.43. The van der Waals surface area contributed by atoms with Crippen LogP contribution in [0.5, 0.6) is 0 Å². The fourth-order valence-corrected chi connectivity index (χ4v) is 1.66. The molecule has 18 heavy (non-hydrogen) atoms. The van der Waals surface area contributed by atoms with E-state index in [1.165, 1.54) is 11.1 Å². The van der Waals surface area contributed by atoms with E-state index < -0.39 is 0 Å². The first kappa shape index (κ1) is 12.6. The number of hydrogen-bond donors (Lipinski definition) is 2. The predicted octanol–water partition coefficient (Wildman–Crippen LogP) is 2.05. The highest BCUT2D eigenvalue weighted by molar-refractivity contribution is 5.30. The number of aryl methyl sites for hydroxylation is 1. The Morgan fingerprint density at radius 2 is 2.00 bits per heavy atom. The second-order valence-corrected chi connectivity index (χ2v) is 4.32. The monoisotopic (exact) mass is 246 g/mol. The highest BCUT2D eigenvalue weighted by Crippen LogP contribution is 2.18. The first-order valence-corrected chi connectivity index (χ1v) is 6.04. The molecule has 0 aliphatic heterocycles. The molecule has 0 bridgehead atoms. The minimum Gasteiger partial charge on any atom is -0.408 e. The smallest absolute Gasteiger partial charge is 0.315 e. The number of hydrogen-bond acceptors (Lipinski definition) is 5. The zero-order valence-electron chi connectivity index (χ0n) is 10.7. The quantitative estimate of drug-likeness (QED) is 0.844. The molecule has 0 spiro atoms. The van der Waals surface area contributed by atoms with Crippen molar-refractivity contribution in [1.82, 2.24) is 10.2 Å². The van der Waals surface area contributed by atoms with E-state index in [9.17, 15) is 0 Å². The summed E-state index contributed by atoms with van der Waals surface area (Å²) < 4.78 is 5.43. The van der Waals surface area contributed by atoms with Crippen LogP contribution >= 0.6 is 0 Å². The average Bonchev–Trinajstić information content (AvgIpc) is 2.78. The lowest BCUT2D eigenvalue weighted by Gasteiger charge is -2.12. The summed E-state index contributed by atoms with van der Waals surface area (Å²) in [6, 6.07) is 8.90. The van der Waals surface area contributed by atoms with Crippen LogP contribution in [-0.4, -0.2) is 16.7 Å². The molecule has 0 radical (unpaired) electrons. The van der Waals surface area contributed by atoms with E-state index in [1.807, 2.05) is 0 Å². The molecule has 0 aliphatic carbocycles. The summed E-state index contributed by atoms with van der Waals surface area (Å²) in [4.78, 5) is 0. The Kier molecular flexibility index (Phi) is 3.94. The molecule has 1 unspecified atom stereocenters. The van der Waals surface area contributed by atoms with E-state index in [2.05, 4.69) is 53.6 Å². The largest absolute Gasteiger partial charge is 0.408 e. The molecular weight excluding hydrogens is 228 g/mol. The minimum atomic E-state index is 0.122. The van der Waals surface area contributed by atoms with Gasteiger partial charge in [0.05, 0.1) is 6.04 Å². The second-order valence-electron chi connectivity index (χ2n) is 4.32. The van der Waals surface area contributed by atoms with Crippen LogP contribution in [0, 0.1) is 6.92 Å². The number of nitrogens with zero attached hydrogens (tertiary/aromatic N) is 2. The lowest BCUT2D eigenvalue weighted by Crippen LogP contribution is -2.06. The van der Waals surface area contributed by atoms with Crippen molar-refractivity contribution in [3.8, 4) is 0 Å². The average molecular weight is 246 g/mol.